The highest BCUT2D eigenvalue weighted by atomic mass is 16.5. The van der Waals surface area contributed by atoms with Crippen LogP contribution >= 0.6 is 0 Å². The molecule has 3 heterocycles. The Morgan fingerprint density at radius 1 is 0.852 bits per heavy atom. The molecule has 3 aliphatic heterocycles. The molecule has 0 aromatic rings. The Kier molecular flexibility index (Phi) is 6.05. The van der Waals surface area contributed by atoms with Gasteiger partial charge in [-0.2, -0.15) is 0 Å². The molecule has 0 aromatic carbocycles. The van der Waals surface area contributed by atoms with E-state index in [1.807, 2.05) is 4.90 Å². The molecule has 1 saturated carbocycles. The number of carbonyl (C=O) groups is 2. The summed E-state index contributed by atoms with van der Waals surface area (Å²) in [6.07, 6.45) is 12.8. The van der Waals surface area contributed by atoms with Crippen LogP contribution in [0.5, 0.6) is 0 Å². The normalized spacial score (nSPS) is 29.3. The third-order valence-electron chi connectivity index (χ3n) is 7.46. The second-order valence-electron chi connectivity index (χ2n) is 9.34. The van der Waals surface area contributed by atoms with E-state index in [1.54, 1.807) is 0 Å². The van der Waals surface area contributed by atoms with Gasteiger partial charge in [-0.1, -0.05) is 19.3 Å². The smallest absolute Gasteiger partial charge is 0.225 e. The standard InChI is InChI=1S/C22H36N2O3/c25-20(23-11-4-5-12-23)16-18-8-15-27-22(17-18)9-13-24(14-10-22)21(26)19-6-2-1-3-7-19/h18-19H,1-17H2. The van der Waals surface area contributed by atoms with Crippen LogP contribution in [-0.4, -0.2) is 60.0 Å². The lowest BCUT2D eigenvalue weighted by Gasteiger charge is -2.47. The first-order chi connectivity index (χ1) is 13.2. The van der Waals surface area contributed by atoms with Crippen LogP contribution in [0.25, 0.3) is 0 Å². The minimum Gasteiger partial charge on any atom is -0.375 e. The molecular formula is C22H36N2O3. The molecule has 1 aliphatic carbocycles. The number of likely N-dealkylation sites (tertiary alicyclic amines) is 2. The largest absolute Gasteiger partial charge is 0.375 e. The van der Waals surface area contributed by atoms with E-state index in [0.717, 1.165) is 84.2 Å². The summed E-state index contributed by atoms with van der Waals surface area (Å²) in [6, 6.07) is 0. The Morgan fingerprint density at radius 3 is 2.26 bits per heavy atom. The monoisotopic (exact) mass is 376 g/mol. The van der Waals surface area contributed by atoms with E-state index in [9.17, 15) is 9.59 Å². The first-order valence-electron chi connectivity index (χ1n) is 11.4. The highest BCUT2D eigenvalue weighted by Crippen LogP contribution is 2.39. The van der Waals surface area contributed by atoms with Gasteiger partial charge >= 0.3 is 0 Å². The van der Waals surface area contributed by atoms with Gasteiger partial charge in [0, 0.05) is 45.1 Å². The van der Waals surface area contributed by atoms with E-state index < -0.39 is 0 Å². The molecule has 0 N–H and O–H groups in total. The molecule has 0 bridgehead atoms. The molecule has 4 aliphatic rings. The Labute approximate surface area is 163 Å². The van der Waals surface area contributed by atoms with Gasteiger partial charge in [-0.05, 0) is 57.3 Å². The lowest BCUT2D eigenvalue weighted by Crippen LogP contribution is -2.52. The van der Waals surface area contributed by atoms with Gasteiger partial charge in [-0.15, -0.1) is 0 Å². The molecule has 2 amide bonds. The maximum Gasteiger partial charge on any atom is 0.225 e. The van der Waals surface area contributed by atoms with Crippen LogP contribution in [0.4, 0.5) is 0 Å². The lowest BCUT2D eigenvalue weighted by molar-refractivity contribution is -0.152. The van der Waals surface area contributed by atoms with Gasteiger partial charge in [-0.3, -0.25) is 9.59 Å². The number of hydrogen-bond donors (Lipinski definition) is 0. The van der Waals surface area contributed by atoms with Gasteiger partial charge in [0.2, 0.25) is 11.8 Å². The van der Waals surface area contributed by atoms with Crippen LogP contribution in [0.2, 0.25) is 0 Å². The second kappa shape index (κ2) is 8.50. The highest BCUT2D eigenvalue weighted by molar-refractivity contribution is 5.79. The zero-order valence-electron chi connectivity index (χ0n) is 16.8. The minimum atomic E-state index is -0.0858. The van der Waals surface area contributed by atoms with Crippen molar-refractivity contribution in [3.05, 3.63) is 0 Å². The molecule has 3 saturated heterocycles. The summed E-state index contributed by atoms with van der Waals surface area (Å²) < 4.78 is 6.25. The maximum atomic E-state index is 12.8. The van der Waals surface area contributed by atoms with Crippen molar-refractivity contribution < 1.29 is 14.3 Å². The van der Waals surface area contributed by atoms with E-state index >= 15 is 0 Å². The van der Waals surface area contributed by atoms with Gasteiger partial charge in [0.25, 0.3) is 0 Å². The van der Waals surface area contributed by atoms with Crippen molar-refractivity contribution in [2.45, 2.75) is 82.7 Å². The topological polar surface area (TPSA) is 49.9 Å². The molecule has 5 nitrogen and oxygen atoms in total. The summed E-state index contributed by atoms with van der Waals surface area (Å²) in [6.45, 7) is 4.34. The predicted molar refractivity (Wildman–Crippen MR) is 104 cm³/mol. The predicted octanol–water partition coefficient (Wildman–Crippen LogP) is 3.37. The molecule has 1 unspecified atom stereocenters. The summed E-state index contributed by atoms with van der Waals surface area (Å²) >= 11 is 0. The van der Waals surface area contributed by atoms with Gasteiger partial charge in [0.1, 0.15) is 0 Å². The summed E-state index contributed by atoms with van der Waals surface area (Å²) in [5.74, 6) is 1.46. The first-order valence-corrected chi connectivity index (χ1v) is 11.4. The van der Waals surface area contributed by atoms with E-state index in [1.165, 1.54) is 19.3 Å². The molecule has 152 valence electrons. The quantitative estimate of drug-likeness (QED) is 0.759. The van der Waals surface area contributed by atoms with E-state index in [4.69, 9.17) is 4.74 Å². The minimum absolute atomic E-state index is 0.0858. The maximum absolute atomic E-state index is 12.8. The molecule has 27 heavy (non-hydrogen) atoms. The number of hydrogen-bond acceptors (Lipinski definition) is 3. The third-order valence-corrected chi connectivity index (χ3v) is 7.46. The number of nitrogens with zero attached hydrogens (tertiary/aromatic N) is 2. The number of rotatable bonds is 3. The van der Waals surface area contributed by atoms with Crippen molar-refractivity contribution in [1.29, 1.82) is 0 Å². The molecule has 4 rings (SSSR count). The summed E-state index contributed by atoms with van der Waals surface area (Å²) in [5.41, 5.74) is -0.0858. The average molecular weight is 377 g/mol. The fraction of sp³-hybridized carbons (Fsp3) is 0.909. The van der Waals surface area contributed by atoms with E-state index in [-0.39, 0.29) is 11.5 Å². The summed E-state index contributed by atoms with van der Waals surface area (Å²) in [7, 11) is 0. The van der Waals surface area contributed by atoms with Crippen molar-refractivity contribution in [3.8, 4) is 0 Å². The van der Waals surface area contributed by atoms with Crippen LogP contribution in [0.15, 0.2) is 0 Å². The average Bonchev–Trinajstić information content (AvgIpc) is 3.24. The Morgan fingerprint density at radius 2 is 1.56 bits per heavy atom. The number of ether oxygens (including phenoxy) is 1. The number of piperidine rings is 1. The fourth-order valence-electron chi connectivity index (χ4n) is 5.74. The lowest BCUT2D eigenvalue weighted by atomic mass is 9.77. The van der Waals surface area contributed by atoms with Crippen molar-refractivity contribution in [2.75, 3.05) is 32.8 Å². The van der Waals surface area contributed by atoms with Crippen molar-refractivity contribution in [2.24, 2.45) is 11.8 Å². The van der Waals surface area contributed by atoms with Crippen LogP contribution in [0, 0.1) is 11.8 Å². The third kappa shape index (κ3) is 4.49. The second-order valence-corrected chi connectivity index (χ2v) is 9.34. The molecule has 0 aromatic heterocycles. The number of amides is 2. The van der Waals surface area contributed by atoms with Crippen LogP contribution in [-0.2, 0) is 14.3 Å². The molecule has 1 spiro atoms. The number of carbonyl (C=O) groups excluding carboxylic acids is 2. The van der Waals surface area contributed by atoms with Crippen LogP contribution in [0.1, 0.15) is 77.0 Å². The molecule has 4 fully saturated rings. The molecule has 5 heteroatoms. The zero-order chi connectivity index (χ0) is 18.7. The van der Waals surface area contributed by atoms with Gasteiger partial charge in [0.15, 0.2) is 0 Å². The van der Waals surface area contributed by atoms with Gasteiger partial charge in [-0.25, -0.2) is 0 Å². The molecule has 1 atom stereocenters. The Hall–Kier alpha value is -1.10. The van der Waals surface area contributed by atoms with Crippen molar-refractivity contribution in [3.63, 3.8) is 0 Å². The molecule has 0 radical (unpaired) electrons. The van der Waals surface area contributed by atoms with Crippen LogP contribution < -0.4 is 0 Å². The summed E-state index contributed by atoms with van der Waals surface area (Å²) in [4.78, 5) is 29.5. The Bertz CT molecular complexity index is 530. The van der Waals surface area contributed by atoms with Gasteiger partial charge < -0.3 is 14.5 Å². The summed E-state index contributed by atoms with van der Waals surface area (Å²) in [5, 5.41) is 0. The van der Waals surface area contributed by atoms with Crippen molar-refractivity contribution >= 4 is 11.8 Å². The van der Waals surface area contributed by atoms with Gasteiger partial charge in [0.05, 0.1) is 5.60 Å². The Balaban J connectivity index is 1.28. The SMILES string of the molecule is O=C(CC1CCOC2(CCN(C(=O)C3CCCCC3)CC2)C1)N1CCCC1. The fourth-order valence-corrected chi connectivity index (χ4v) is 5.74. The van der Waals surface area contributed by atoms with Crippen molar-refractivity contribution in [1.82, 2.24) is 9.80 Å². The zero-order valence-corrected chi connectivity index (χ0v) is 16.8. The van der Waals surface area contributed by atoms with E-state index in [0.29, 0.717) is 24.2 Å². The van der Waals surface area contributed by atoms with Crippen LogP contribution in [0.3, 0.4) is 0 Å². The highest BCUT2D eigenvalue weighted by Gasteiger charge is 2.42. The first kappa shape index (κ1) is 19.2. The van der Waals surface area contributed by atoms with E-state index in [2.05, 4.69) is 4.90 Å². The molecular weight excluding hydrogens is 340 g/mol.